The minimum absolute atomic E-state index is 0.246. The van der Waals surface area contributed by atoms with Crippen LogP contribution in [0.25, 0.3) is 0 Å². The standard InChI is InChI=1S/C12H16FNSi/c1-9-10(7-8-15(2,3)4)12(14)6-5-11(9)13/h5-6H,14H2,1-4H3. The van der Waals surface area contributed by atoms with E-state index in [2.05, 4.69) is 31.1 Å². The maximum absolute atomic E-state index is 13.3. The van der Waals surface area contributed by atoms with Crippen LogP contribution in [0.2, 0.25) is 19.6 Å². The molecule has 1 nitrogen and oxygen atoms in total. The molecule has 0 heterocycles. The quantitative estimate of drug-likeness (QED) is 0.407. The number of benzene rings is 1. The third kappa shape index (κ3) is 3.10. The zero-order chi connectivity index (χ0) is 11.6. The molecule has 0 aromatic heterocycles. The SMILES string of the molecule is Cc1c(F)ccc(N)c1C#C[Si](C)(C)C. The topological polar surface area (TPSA) is 26.0 Å². The number of nitrogens with two attached hydrogens (primary N) is 1. The van der Waals surface area contributed by atoms with Crippen molar-refractivity contribution >= 4 is 13.8 Å². The highest BCUT2D eigenvalue weighted by Crippen LogP contribution is 2.18. The van der Waals surface area contributed by atoms with E-state index in [1.165, 1.54) is 6.07 Å². The van der Waals surface area contributed by atoms with Crippen molar-refractivity contribution in [2.24, 2.45) is 0 Å². The molecule has 0 radical (unpaired) electrons. The van der Waals surface area contributed by atoms with Crippen molar-refractivity contribution in [2.45, 2.75) is 26.6 Å². The van der Waals surface area contributed by atoms with Crippen LogP contribution >= 0.6 is 0 Å². The number of nitrogen functional groups attached to an aromatic ring is 1. The summed E-state index contributed by atoms with van der Waals surface area (Å²) in [4.78, 5) is 0. The molecule has 2 N–H and O–H groups in total. The number of rotatable bonds is 0. The van der Waals surface area contributed by atoms with Gasteiger partial charge in [-0.2, -0.15) is 0 Å². The lowest BCUT2D eigenvalue weighted by molar-refractivity contribution is 0.618. The average molecular weight is 221 g/mol. The van der Waals surface area contributed by atoms with E-state index in [9.17, 15) is 4.39 Å². The van der Waals surface area contributed by atoms with Crippen LogP contribution in [0.4, 0.5) is 10.1 Å². The molecule has 0 fully saturated rings. The molecule has 0 spiro atoms. The normalized spacial score (nSPS) is 10.7. The van der Waals surface area contributed by atoms with Crippen molar-refractivity contribution in [3.05, 3.63) is 29.1 Å². The summed E-state index contributed by atoms with van der Waals surface area (Å²) in [6.45, 7) is 8.14. The van der Waals surface area contributed by atoms with E-state index in [0.29, 0.717) is 16.8 Å². The Kier molecular flexibility index (Phi) is 3.20. The summed E-state index contributed by atoms with van der Waals surface area (Å²) in [5.41, 5.74) is 10.7. The lowest BCUT2D eigenvalue weighted by Gasteiger charge is -2.06. The van der Waals surface area contributed by atoms with Crippen molar-refractivity contribution in [1.29, 1.82) is 0 Å². The highest BCUT2D eigenvalue weighted by atomic mass is 28.3. The third-order valence-corrected chi connectivity index (χ3v) is 2.87. The number of hydrogen-bond acceptors (Lipinski definition) is 1. The molecule has 15 heavy (non-hydrogen) atoms. The van der Waals surface area contributed by atoms with Gasteiger partial charge in [0.2, 0.25) is 0 Å². The molecule has 1 aromatic rings. The number of anilines is 1. The van der Waals surface area contributed by atoms with E-state index < -0.39 is 8.07 Å². The van der Waals surface area contributed by atoms with Crippen LogP contribution in [0.3, 0.4) is 0 Å². The van der Waals surface area contributed by atoms with Crippen molar-refractivity contribution in [2.75, 3.05) is 5.73 Å². The fourth-order valence-corrected chi connectivity index (χ4v) is 1.62. The molecular weight excluding hydrogens is 205 g/mol. The van der Waals surface area contributed by atoms with E-state index in [-0.39, 0.29) is 5.82 Å². The van der Waals surface area contributed by atoms with E-state index in [4.69, 9.17) is 5.73 Å². The fraction of sp³-hybridized carbons (Fsp3) is 0.333. The Morgan fingerprint density at radius 3 is 2.40 bits per heavy atom. The maximum Gasteiger partial charge on any atom is 0.129 e. The Balaban J connectivity index is 3.25. The fourth-order valence-electron chi connectivity index (χ4n) is 1.12. The third-order valence-electron chi connectivity index (χ3n) is 1.99. The predicted octanol–water partition coefficient (Wildman–Crippen LogP) is 2.95. The lowest BCUT2D eigenvalue weighted by Crippen LogP contribution is -2.16. The van der Waals surface area contributed by atoms with E-state index in [1.54, 1.807) is 13.0 Å². The first-order valence-electron chi connectivity index (χ1n) is 4.89. The Bertz CT molecular complexity index is 435. The smallest absolute Gasteiger partial charge is 0.129 e. The van der Waals surface area contributed by atoms with Gasteiger partial charge in [-0.05, 0) is 19.1 Å². The molecular formula is C12H16FNSi. The van der Waals surface area contributed by atoms with Gasteiger partial charge in [0.25, 0.3) is 0 Å². The van der Waals surface area contributed by atoms with Gasteiger partial charge in [0.15, 0.2) is 0 Å². The van der Waals surface area contributed by atoms with Crippen molar-refractivity contribution in [3.8, 4) is 11.5 Å². The Hall–Kier alpha value is -1.27. The minimum Gasteiger partial charge on any atom is -0.398 e. The Labute approximate surface area is 91.5 Å². The molecule has 0 aliphatic heterocycles. The van der Waals surface area contributed by atoms with E-state index in [1.807, 2.05) is 0 Å². The van der Waals surface area contributed by atoms with Crippen LogP contribution in [0, 0.1) is 24.2 Å². The van der Waals surface area contributed by atoms with Crippen LogP contribution in [0.1, 0.15) is 11.1 Å². The summed E-state index contributed by atoms with van der Waals surface area (Å²) in [5.74, 6) is 2.76. The zero-order valence-electron chi connectivity index (χ0n) is 9.61. The zero-order valence-corrected chi connectivity index (χ0v) is 10.6. The average Bonchev–Trinajstić information content (AvgIpc) is 2.10. The molecule has 0 atom stereocenters. The molecule has 0 amide bonds. The largest absolute Gasteiger partial charge is 0.398 e. The van der Waals surface area contributed by atoms with Gasteiger partial charge in [0.1, 0.15) is 13.9 Å². The van der Waals surface area contributed by atoms with Crippen LogP contribution in [-0.4, -0.2) is 8.07 Å². The minimum atomic E-state index is -1.44. The Morgan fingerprint density at radius 2 is 1.87 bits per heavy atom. The first kappa shape index (κ1) is 11.8. The van der Waals surface area contributed by atoms with E-state index in [0.717, 1.165) is 0 Å². The molecule has 3 heteroatoms. The van der Waals surface area contributed by atoms with Gasteiger partial charge in [-0.25, -0.2) is 4.39 Å². The molecule has 0 unspecified atom stereocenters. The highest BCUT2D eigenvalue weighted by Gasteiger charge is 2.09. The highest BCUT2D eigenvalue weighted by molar-refractivity contribution is 6.83. The molecule has 1 aromatic carbocycles. The molecule has 0 bridgehead atoms. The summed E-state index contributed by atoms with van der Waals surface area (Å²) < 4.78 is 13.3. The van der Waals surface area contributed by atoms with Crippen LogP contribution in [-0.2, 0) is 0 Å². The molecule has 0 aliphatic rings. The number of hydrogen-bond donors (Lipinski definition) is 1. The van der Waals surface area contributed by atoms with Crippen molar-refractivity contribution in [3.63, 3.8) is 0 Å². The lowest BCUT2D eigenvalue weighted by atomic mass is 10.1. The van der Waals surface area contributed by atoms with Gasteiger partial charge in [0.05, 0.1) is 5.56 Å². The van der Waals surface area contributed by atoms with Gasteiger partial charge in [0, 0.05) is 11.3 Å². The summed E-state index contributed by atoms with van der Waals surface area (Å²) in [7, 11) is -1.44. The van der Waals surface area contributed by atoms with Gasteiger partial charge in [-0.1, -0.05) is 25.6 Å². The van der Waals surface area contributed by atoms with Crippen molar-refractivity contribution < 1.29 is 4.39 Å². The number of halogens is 1. The summed E-state index contributed by atoms with van der Waals surface area (Å²) in [6, 6.07) is 2.95. The first-order chi connectivity index (χ1) is 6.81. The van der Waals surface area contributed by atoms with Crippen LogP contribution in [0.5, 0.6) is 0 Å². The second-order valence-electron chi connectivity index (χ2n) is 4.64. The predicted molar refractivity (Wildman–Crippen MR) is 65.8 cm³/mol. The molecule has 80 valence electrons. The molecule has 0 aliphatic carbocycles. The molecule has 0 saturated heterocycles. The second-order valence-corrected chi connectivity index (χ2v) is 9.39. The first-order valence-corrected chi connectivity index (χ1v) is 8.39. The summed E-state index contributed by atoms with van der Waals surface area (Å²) in [6.07, 6.45) is 0. The second kappa shape index (κ2) is 4.07. The summed E-state index contributed by atoms with van der Waals surface area (Å²) in [5, 5.41) is 0. The van der Waals surface area contributed by atoms with E-state index >= 15 is 0 Å². The van der Waals surface area contributed by atoms with Gasteiger partial charge in [-0.15, -0.1) is 5.54 Å². The van der Waals surface area contributed by atoms with Gasteiger partial charge in [-0.3, -0.25) is 0 Å². The molecule has 1 rings (SSSR count). The van der Waals surface area contributed by atoms with Crippen LogP contribution in [0.15, 0.2) is 12.1 Å². The van der Waals surface area contributed by atoms with Gasteiger partial charge < -0.3 is 5.73 Å². The summed E-state index contributed by atoms with van der Waals surface area (Å²) >= 11 is 0. The van der Waals surface area contributed by atoms with Crippen LogP contribution < -0.4 is 5.73 Å². The monoisotopic (exact) mass is 221 g/mol. The van der Waals surface area contributed by atoms with Gasteiger partial charge >= 0.3 is 0 Å². The molecule has 0 saturated carbocycles. The van der Waals surface area contributed by atoms with Crippen molar-refractivity contribution in [1.82, 2.24) is 0 Å². The Morgan fingerprint density at radius 1 is 1.27 bits per heavy atom. The maximum atomic E-state index is 13.3.